The van der Waals surface area contributed by atoms with Gasteiger partial charge in [0.15, 0.2) is 0 Å². The van der Waals surface area contributed by atoms with E-state index in [0.717, 1.165) is 31.6 Å². The van der Waals surface area contributed by atoms with Crippen LogP contribution in [0.5, 0.6) is 0 Å². The molecule has 1 saturated heterocycles. The van der Waals surface area contributed by atoms with Crippen LogP contribution in [0.15, 0.2) is 18.2 Å². The summed E-state index contributed by atoms with van der Waals surface area (Å²) in [6, 6.07) is 5.67. The van der Waals surface area contributed by atoms with E-state index in [1.54, 1.807) is 12.1 Å². The van der Waals surface area contributed by atoms with Gasteiger partial charge in [-0.05, 0) is 44.5 Å². The van der Waals surface area contributed by atoms with Gasteiger partial charge >= 0.3 is 0 Å². The molecule has 0 amide bonds. The minimum absolute atomic E-state index is 0.0345. The minimum Gasteiger partial charge on any atom is -0.363 e. The average Bonchev–Trinajstić information content (AvgIpc) is 2.92. The summed E-state index contributed by atoms with van der Waals surface area (Å²) in [6.45, 7) is 4.77. The first-order chi connectivity index (χ1) is 9.05. The van der Waals surface area contributed by atoms with Gasteiger partial charge in [-0.15, -0.1) is 0 Å². The fraction of sp³-hybridized carbons (Fsp3) is 0.600. The number of likely N-dealkylation sites (tertiary alicyclic amines) is 1. The number of hydrogen-bond donors (Lipinski definition) is 1. The molecule has 3 rings (SSSR count). The van der Waals surface area contributed by atoms with Crippen LogP contribution in [0.1, 0.15) is 18.9 Å². The molecule has 19 heavy (non-hydrogen) atoms. The van der Waals surface area contributed by atoms with Gasteiger partial charge in [-0.25, -0.2) is 4.39 Å². The number of halogens is 1. The first kappa shape index (κ1) is 12.9. The van der Waals surface area contributed by atoms with Gasteiger partial charge in [0.25, 0.3) is 0 Å². The molecule has 0 bridgehead atoms. The summed E-state index contributed by atoms with van der Waals surface area (Å²) >= 11 is 0. The fourth-order valence-corrected chi connectivity index (χ4v) is 3.69. The number of rotatable bonds is 2. The van der Waals surface area contributed by atoms with Crippen LogP contribution >= 0.6 is 0 Å². The molecule has 2 heterocycles. The molecule has 104 valence electrons. The van der Waals surface area contributed by atoms with Crippen molar-refractivity contribution in [3.63, 3.8) is 0 Å². The van der Waals surface area contributed by atoms with Crippen molar-refractivity contribution in [2.75, 3.05) is 31.6 Å². The van der Waals surface area contributed by atoms with E-state index in [1.165, 1.54) is 5.56 Å². The normalized spacial score (nSPS) is 30.9. The molecule has 2 unspecified atom stereocenters. The van der Waals surface area contributed by atoms with E-state index in [0.29, 0.717) is 12.6 Å². The Hall–Kier alpha value is -1.13. The molecule has 2 aliphatic heterocycles. The quantitative estimate of drug-likeness (QED) is 0.880. The van der Waals surface area contributed by atoms with Gasteiger partial charge in [0, 0.05) is 31.4 Å². The van der Waals surface area contributed by atoms with Crippen molar-refractivity contribution in [1.29, 1.82) is 0 Å². The van der Waals surface area contributed by atoms with Crippen molar-refractivity contribution < 1.29 is 4.39 Å². The maximum Gasteiger partial charge on any atom is 0.125 e. The zero-order valence-electron chi connectivity index (χ0n) is 11.7. The average molecular weight is 263 g/mol. The largest absolute Gasteiger partial charge is 0.363 e. The summed E-state index contributed by atoms with van der Waals surface area (Å²) in [5, 5.41) is 0. The molecule has 0 spiro atoms. The SMILES string of the molecule is CC1CC(CN)(N2CCc3ccc(F)cc32)CN1C. The van der Waals surface area contributed by atoms with Crippen LogP contribution in [0.25, 0.3) is 0 Å². The van der Waals surface area contributed by atoms with Crippen molar-refractivity contribution in [3.05, 3.63) is 29.6 Å². The third kappa shape index (κ3) is 1.94. The van der Waals surface area contributed by atoms with E-state index < -0.39 is 0 Å². The minimum atomic E-state index is -0.155. The van der Waals surface area contributed by atoms with Crippen molar-refractivity contribution in [3.8, 4) is 0 Å². The van der Waals surface area contributed by atoms with Crippen LogP contribution < -0.4 is 10.6 Å². The lowest BCUT2D eigenvalue weighted by atomic mass is 9.93. The van der Waals surface area contributed by atoms with Gasteiger partial charge in [-0.2, -0.15) is 0 Å². The highest BCUT2D eigenvalue weighted by atomic mass is 19.1. The Kier molecular flexibility index (Phi) is 3.02. The van der Waals surface area contributed by atoms with E-state index in [2.05, 4.69) is 23.8 Å². The van der Waals surface area contributed by atoms with Gasteiger partial charge in [-0.1, -0.05) is 6.07 Å². The first-order valence-electron chi connectivity index (χ1n) is 7.02. The summed E-state index contributed by atoms with van der Waals surface area (Å²) in [4.78, 5) is 4.70. The standard InChI is InChI=1S/C15H22FN3/c1-11-8-15(9-17,10-18(11)2)19-6-5-12-3-4-13(16)7-14(12)19/h3-4,7,11H,5-6,8-10,17H2,1-2H3. The Labute approximate surface area is 114 Å². The van der Waals surface area contributed by atoms with Gasteiger partial charge in [0.05, 0.1) is 5.54 Å². The molecule has 2 aliphatic rings. The van der Waals surface area contributed by atoms with Crippen molar-refractivity contribution >= 4 is 5.69 Å². The topological polar surface area (TPSA) is 32.5 Å². The molecule has 2 atom stereocenters. The monoisotopic (exact) mass is 263 g/mol. The van der Waals surface area contributed by atoms with E-state index >= 15 is 0 Å². The molecule has 0 saturated carbocycles. The predicted molar refractivity (Wildman–Crippen MR) is 75.9 cm³/mol. The Balaban J connectivity index is 1.98. The lowest BCUT2D eigenvalue weighted by Crippen LogP contribution is -2.55. The van der Waals surface area contributed by atoms with Crippen LogP contribution in [0.4, 0.5) is 10.1 Å². The summed E-state index contributed by atoms with van der Waals surface area (Å²) in [7, 11) is 2.14. The number of likely N-dealkylation sites (N-methyl/N-ethyl adjacent to an activating group) is 1. The smallest absolute Gasteiger partial charge is 0.125 e. The Morgan fingerprint density at radius 2 is 2.26 bits per heavy atom. The molecule has 0 aromatic heterocycles. The van der Waals surface area contributed by atoms with Gasteiger partial charge in [0.1, 0.15) is 5.82 Å². The van der Waals surface area contributed by atoms with Crippen LogP contribution in [0, 0.1) is 5.82 Å². The maximum atomic E-state index is 13.5. The van der Waals surface area contributed by atoms with E-state index in [4.69, 9.17) is 5.73 Å². The van der Waals surface area contributed by atoms with Crippen LogP contribution in [-0.4, -0.2) is 43.2 Å². The summed E-state index contributed by atoms with van der Waals surface area (Å²) in [5.41, 5.74) is 8.37. The van der Waals surface area contributed by atoms with Gasteiger partial charge in [-0.3, -0.25) is 0 Å². The Morgan fingerprint density at radius 1 is 1.47 bits per heavy atom. The number of hydrogen-bond acceptors (Lipinski definition) is 3. The number of benzene rings is 1. The van der Waals surface area contributed by atoms with Crippen molar-refractivity contribution in [2.24, 2.45) is 5.73 Å². The van der Waals surface area contributed by atoms with Gasteiger partial charge < -0.3 is 15.5 Å². The molecule has 4 heteroatoms. The summed E-state index contributed by atoms with van der Waals surface area (Å²) in [6.07, 6.45) is 2.05. The Bertz CT molecular complexity index is 478. The fourth-order valence-electron chi connectivity index (χ4n) is 3.69. The van der Waals surface area contributed by atoms with Crippen molar-refractivity contribution in [1.82, 2.24) is 4.90 Å². The second-order valence-electron chi connectivity index (χ2n) is 6.07. The van der Waals surface area contributed by atoms with Crippen LogP contribution in [0.3, 0.4) is 0 Å². The molecule has 0 radical (unpaired) electrons. The zero-order valence-corrected chi connectivity index (χ0v) is 11.7. The zero-order chi connectivity index (χ0) is 13.6. The van der Waals surface area contributed by atoms with Gasteiger partial charge in [0.2, 0.25) is 0 Å². The van der Waals surface area contributed by atoms with Crippen molar-refractivity contribution in [2.45, 2.75) is 31.3 Å². The third-order valence-electron chi connectivity index (χ3n) is 4.87. The highest BCUT2D eigenvalue weighted by molar-refractivity contribution is 5.60. The van der Waals surface area contributed by atoms with E-state index in [9.17, 15) is 4.39 Å². The number of fused-ring (bicyclic) bond motifs is 1. The highest BCUT2D eigenvalue weighted by Crippen LogP contribution is 2.39. The van der Waals surface area contributed by atoms with E-state index in [-0.39, 0.29) is 11.4 Å². The van der Waals surface area contributed by atoms with Crippen LogP contribution in [-0.2, 0) is 6.42 Å². The first-order valence-corrected chi connectivity index (χ1v) is 7.02. The highest BCUT2D eigenvalue weighted by Gasteiger charge is 2.46. The molecule has 1 aromatic carbocycles. The molecular formula is C15H22FN3. The summed E-state index contributed by atoms with van der Waals surface area (Å²) < 4.78 is 13.5. The second-order valence-corrected chi connectivity index (χ2v) is 6.07. The number of anilines is 1. The lowest BCUT2D eigenvalue weighted by molar-refractivity contribution is 0.317. The Morgan fingerprint density at radius 3 is 2.89 bits per heavy atom. The molecule has 3 nitrogen and oxygen atoms in total. The summed E-state index contributed by atoms with van der Waals surface area (Å²) in [5.74, 6) is -0.155. The third-order valence-corrected chi connectivity index (χ3v) is 4.87. The number of nitrogens with zero attached hydrogens (tertiary/aromatic N) is 2. The van der Waals surface area contributed by atoms with E-state index in [1.807, 2.05) is 6.07 Å². The molecule has 2 N–H and O–H groups in total. The molecular weight excluding hydrogens is 241 g/mol. The predicted octanol–water partition coefficient (Wildman–Crippen LogP) is 1.61. The second kappa shape index (κ2) is 4.46. The lowest BCUT2D eigenvalue weighted by Gasteiger charge is -2.40. The number of nitrogens with two attached hydrogens (primary N) is 1. The van der Waals surface area contributed by atoms with Crippen LogP contribution in [0.2, 0.25) is 0 Å². The molecule has 1 fully saturated rings. The molecule has 1 aromatic rings. The molecule has 0 aliphatic carbocycles. The maximum absolute atomic E-state index is 13.5.